The van der Waals surface area contributed by atoms with Gasteiger partial charge in [-0.2, -0.15) is 18.4 Å². The Morgan fingerprint density at radius 1 is 1.45 bits per heavy atom. The van der Waals surface area contributed by atoms with Crippen LogP contribution >= 0.6 is 15.9 Å². The van der Waals surface area contributed by atoms with Crippen molar-refractivity contribution in [2.24, 2.45) is 0 Å². The second-order valence-electron chi connectivity index (χ2n) is 3.85. The summed E-state index contributed by atoms with van der Waals surface area (Å²) in [6.07, 6.45) is -5.22. The Morgan fingerprint density at radius 3 is 2.55 bits per heavy atom. The zero-order valence-corrected chi connectivity index (χ0v) is 12.1. The standard InChI is InChI=1S/C13H11BrF3NO2/c1-2-20-11(19)5-10-8(6-14)3-4-9(7-18)12(10)13(15,16)17/h3-4H,2,5-6H2,1H3. The van der Waals surface area contributed by atoms with Gasteiger partial charge in [-0.15, -0.1) is 0 Å². The van der Waals surface area contributed by atoms with E-state index in [1.807, 2.05) is 0 Å². The highest BCUT2D eigenvalue weighted by atomic mass is 79.9. The summed E-state index contributed by atoms with van der Waals surface area (Å²) in [5, 5.41) is 8.98. The number of benzene rings is 1. The van der Waals surface area contributed by atoms with E-state index in [0.717, 1.165) is 6.07 Å². The Hall–Kier alpha value is -1.55. The van der Waals surface area contributed by atoms with Crippen LogP contribution < -0.4 is 0 Å². The summed E-state index contributed by atoms with van der Waals surface area (Å²) in [5.41, 5.74) is -1.47. The zero-order valence-electron chi connectivity index (χ0n) is 10.6. The zero-order chi connectivity index (χ0) is 15.3. The topological polar surface area (TPSA) is 50.1 Å². The van der Waals surface area contributed by atoms with Crippen molar-refractivity contribution >= 4 is 21.9 Å². The van der Waals surface area contributed by atoms with E-state index in [0.29, 0.717) is 5.56 Å². The third kappa shape index (κ3) is 3.73. The fraction of sp³-hybridized carbons (Fsp3) is 0.385. The van der Waals surface area contributed by atoms with Gasteiger partial charge in [0.15, 0.2) is 0 Å². The largest absolute Gasteiger partial charge is 0.466 e. The van der Waals surface area contributed by atoms with Gasteiger partial charge in [0.1, 0.15) is 0 Å². The van der Waals surface area contributed by atoms with E-state index < -0.39 is 29.7 Å². The van der Waals surface area contributed by atoms with E-state index in [1.54, 1.807) is 6.92 Å². The molecule has 0 N–H and O–H groups in total. The Bertz CT molecular complexity index is 550. The van der Waals surface area contributed by atoms with Crippen molar-refractivity contribution in [3.05, 3.63) is 34.4 Å². The van der Waals surface area contributed by atoms with E-state index in [1.165, 1.54) is 12.1 Å². The Morgan fingerprint density at radius 2 is 2.10 bits per heavy atom. The van der Waals surface area contributed by atoms with Crippen LogP contribution in [0.2, 0.25) is 0 Å². The number of carbonyl (C=O) groups is 1. The predicted octanol–water partition coefficient (Wildman–Crippen LogP) is 3.58. The van der Waals surface area contributed by atoms with E-state index in [4.69, 9.17) is 5.26 Å². The lowest BCUT2D eigenvalue weighted by Crippen LogP contribution is -2.18. The molecular formula is C13H11BrF3NO2. The number of nitrogens with zero attached hydrogens (tertiary/aromatic N) is 1. The highest BCUT2D eigenvalue weighted by Crippen LogP contribution is 2.37. The first-order valence-corrected chi connectivity index (χ1v) is 6.80. The molecule has 3 nitrogen and oxygen atoms in total. The Balaban J connectivity index is 3.44. The number of rotatable bonds is 4. The molecule has 1 aromatic rings. The lowest BCUT2D eigenvalue weighted by atomic mass is 9.94. The van der Waals surface area contributed by atoms with Gasteiger partial charge < -0.3 is 4.74 Å². The van der Waals surface area contributed by atoms with Crippen molar-refractivity contribution in [1.82, 2.24) is 0 Å². The quantitative estimate of drug-likeness (QED) is 0.616. The molecule has 0 bridgehead atoms. The van der Waals surface area contributed by atoms with E-state index >= 15 is 0 Å². The van der Waals surface area contributed by atoms with E-state index in [-0.39, 0.29) is 17.5 Å². The molecule has 0 radical (unpaired) electrons. The van der Waals surface area contributed by atoms with Crippen LogP contribution in [-0.4, -0.2) is 12.6 Å². The number of carbonyl (C=O) groups excluding carboxylic acids is 1. The SMILES string of the molecule is CCOC(=O)Cc1c(CBr)ccc(C#N)c1C(F)(F)F. The van der Waals surface area contributed by atoms with Crippen LogP contribution in [0.4, 0.5) is 13.2 Å². The van der Waals surface area contributed by atoms with Crippen LogP contribution in [0, 0.1) is 11.3 Å². The number of alkyl halides is 4. The van der Waals surface area contributed by atoms with Gasteiger partial charge in [-0.3, -0.25) is 4.79 Å². The predicted molar refractivity (Wildman–Crippen MR) is 69.1 cm³/mol. The van der Waals surface area contributed by atoms with E-state index in [9.17, 15) is 18.0 Å². The molecule has 0 unspecified atom stereocenters. The third-order valence-electron chi connectivity index (χ3n) is 2.58. The number of ether oxygens (including phenoxy) is 1. The van der Waals surface area contributed by atoms with Gasteiger partial charge in [0.05, 0.1) is 30.2 Å². The third-order valence-corrected chi connectivity index (χ3v) is 3.19. The maximum atomic E-state index is 13.1. The van der Waals surface area contributed by atoms with Crippen molar-refractivity contribution in [2.45, 2.75) is 24.9 Å². The molecule has 0 saturated heterocycles. The molecule has 20 heavy (non-hydrogen) atoms. The van der Waals surface area contributed by atoms with Crippen molar-refractivity contribution < 1.29 is 22.7 Å². The van der Waals surface area contributed by atoms with Gasteiger partial charge >= 0.3 is 12.1 Å². The molecule has 0 heterocycles. The molecule has 1 aromatic carbocycles. The van der Waals surface area contributed by atoms with Gasteiger partial charge in [0.25, 0.3) is 0 Å². The summed E-state index contributed by atoms with van der Waals surface area (Å²) in [4.78, 5) is 11.5. The molecule has 0 atom stereocenters. The number of hydrogen-bond donors (Lipinski definition) is 0. The van der Waals surface area contributed by atoms with Crippen LogP contribution in [0.1, 0.15) is 29.2 Å². The van der Waals surface area contributed by atoms with Gasteiger partial charge in [0.2, 0.25) is 0 Å². The van der Waals surface area contributed by atoms with Crippen molar-refractivity contribution in [3.8, 4) is 6.07 Å². The normalized spacial score (nSPS) is 11.0. The van der Waals surface area contributed by atoms with Crippen molar-refractivity contribution in [2.75, 3.05) is 6.61 Å². The van der Waals surface area contributed by atoms with Gasteiger partial charge in [0, 0.05) is 5.33 Å². The first-order chi connectivity index (χ1) is 9.35. The van der Waals surface area contributed by atoms with Crippen LogP contribution in [-0.2, 0) is 27.5 Å². The molecule has 0 aliphatic rings. The van der Waals surface area contributed by atoms with Gasteiger partial charge in [-0.25, -0.2) is 0 Å². The highest BCUT2D eigenvalue weighted by molar-refractivity contribution is 9.08. The molecule has 0 aliphatic heterocycles. The minimum absolute atomic E-state index is 0.0851. The monoisotopic (exact) mass is 349 g/mol. The van der Waals surface area contributed by atoms with Gasteiger partial charge in [-0.05, 0) is 24.1 Å². The number of esters is 1. The first-order valence-electron chi connectivity index (χ1n) is 5.68. The molecule has 0 aromatic heterocycles. The lowest BCUT2D eigenvalue weighted by molar-refractivity contribution is -0.143. The number of nitriles is 1. The molecule has 0 amide bonds. The first kappa shape index (κ1) is 16.5. The lowest BCUT2D eigenvalue weighted by Gasteiger charge is -2.17. The summed E-state index contributed by atoms with van der Waals surface area (Å²) < 4.78 is 44.1. The van der Waals surface area contributed by atoms with E-state index in [2.05, 4.69) is 20.7 Å². The van der Waals surface area contributed by atoms with Crippen LogP contribution in [0.15, 0.2) is 12.1 Å². The molecule has 1 rings (SSSR count). The molecule has 0 saturated carbocycles. The van der Waals surface area contributed by atoms with Crippen molar-refractivity contribution in [3.63, 3.8) is 0 Å². The maximum Gasteiger partial charge on any atom is 0.417 e. The highest BCUT2D eigenvalue weighted by Gasteiger charge is 2.37. The smallest absolute Gasteiger partial charge is 0.417 e. The minimum Gasteiger partial charge on any atom is -0.466 e. The molecule has 0 spiro atoms. The van der Waals surface area contributed by atoms with Crippen molar-refractivity contribution in [1.29, 1.82) is 5.26 Å². The molecular weight excluding hydrogens is 339 g/mol. The fourth-order valence-corrected chi connectivity index (χ4v) is 2.32. The Kier molecular flexibility index (Phi) is 5.57. The summed E-state index contributed by atoms with van der Waals surface area (Å²) in [6.45, 7) is 1.65. The van der Waals surface area contributed by atoms with Crippen LogP contribution in [0.25, 0.3) is 0 Å². The second-order valence-corrected chi connectivity index (χ2v) is 4.41. The summed E-state index contributed by atoms with van der Waals surface area (Å²) in [5.74, 6) is -0.754. The fourth-order valence-electron chi connectivity index (χ4n) is 1.79. The number of halogens is 4. The molecule has 7 heteroatoms. The minimum atomic E-state index is -4.70. The maximum absolute atomic E-state index is 13.1. The van der Waals surface area contributed by atoms with Crippen LogP contribution in [0.3, 0.4) is 0 Å². The Labute approximate surface area is 122 Å². The summed E-state index contributed by atoms with van der Waals surface area (Å²) in [7, 11) is 0. The summed E-state index contributed by atoms with van der Waals surface area (Å²) >= 11 is 3.08. The average molecular weight is 350 g/mol. The molecule has 0 fully saturated rings. The molecule has 108 valence electrons. The average Bonchev–Trinajstić information content (AvgIpc) is 2.36. The molecule has 0 aliphatic carbocycles. The number of hydrogen-bond acceptors (Lipinski definition) is 3. The van der Waals surface area contributed by atoms with Crippen LogP contribution in [0.5, 0.6) is 0 Å². The van der Waals surface area contributed by atoms with Gasteiger partial charge in [-0.1, -0.05) is 22.0 Å². The second kappa shape index (κ2) is 6.75. The summed E-state index contributed by atoms with van der Waals surface area (Å²) in [6, 6.07) is 4.02.